The summed E-state index contributed by atoms with van der Waals surface area (Å²) in [5.41, 5.74) is 4.54. The Bertz CT molecular complexity index is 1130. The summed E-state index contributed by atoms with van der Waals surface area (Å²) in [6, 6.07) is 23.1. The topological polar surface area (TPSA) is 109 Å². The zero-order chi connectivity index (χ0) is 24.2. The number of carbonyl (C=O) groups is 3. The molecule has 0 saturated carbocycles. The van der Waals surface area contributed by atoms with Gasteiger partial charge >= 0.3 is 11.8 Å². The monoisotopic (exact) mass is 478 g/mol. The van der Waals surface area contributed by atoms with Gasteiger partial charge in [-0.1, -0.05) is 41.9 Å². The van der Waals surface area contributed by atoms with E-state index in [-0.39, 0.29) is 12.5 Å². The molecule has 0 atom stereocenters. The number of anilines is 1. The number of rotatable bonds is 9. The molecule has 3 rings (SSSR count). The molecule has 174 valence electrons. The van der Waals surface area contributed by atoms with Crippen LogP contribution < -0.4 is 20.8 Å². The van der Waals surface area contributed by atoms with Crippen molar-refractivity contribution in [2.24, 2.45) is 5.10 Å². The van der Waals surface area contributed by atoms with Gasteiger partial charge in [0, 0.05) is 17.3 Å². The number of hydrogen-bond donors (Lipinski definition) is 3. The van der Waals surface area contributed by atoms with E-state index < -0.39 is 11.8 Å². The average Bonchev–Trinajstić information content (AvgIpc) is 2.85. The van der Waals surface area contributed by atoms with E-state index in [4.69, 9.17) is 16.3 Å². The van der Waals surface area contributed by atoms with Crippen molar-refractivity contribution >= 4 is 41.2 Å². The Balaban J connectivity index is 1.36. The quantitative estimate of drug-likeness (QED) is 0.249. The SMILES string of the molecule is O=C(COc1ccc(/C=N\NC(=O)C(=O)NCCc2ccccc2)cc1)Nc1ccc(Cl)cc1. The minimum atomic E-state index is -0.851. The third-order valence-corrected chi connectivity index (χ3v) is 4.76. The van der Waals surface area contributed by atoms with E-state index in [2.05, 4.69) is 21.2 Å². The Kier molecular flexibility index (Phi) is 9.19. The molecule has 3 N–H and O–H groups in total. The lowest BCUT2D eigenvalue weighted by Gasteiger charge is -2.08. The molecule has 0 aliphatic carbocycles. The van der Waals surface area contributed by atoms with Crippen molar-refractivity contribution in [3.8, 4) is 5.75 Å². The number of ether oxygens (including phenoxy) is 1. The van der Waals surface area contributed by atoms with E-state index in [0.717, 1.165) is 5.56 Å². The maximum atomic E-state index is 12.0. The lowest BCUT2D eigenvalue weighted by molar-refractivity contribution is -0.139. The van der Waals surface area contributed by atoms with Gasteiger partial charge in [0.05, 0.1) is 6.21 Å². The maximum Gasteiger partial charge on any atom is 0.329 e. The van der Waals surface area contributed by atoms with Crippen molar-refractivity contribution in [3.05, 3.63) is 95.0 Å². The zero-order valence-corrected chi connectivity index (χ0v) is 18.9. The van der Waals surface area contributed by atoms with E-state index in [0.29, 0.717) is 35.0 Å². The second kappa shape index (κ2) is 12.8. The summed E-state index contributed by atoms with van der Waals surface area (Å²) in [6.07, 6.45) is 2.02. The number of amides is 3. The fourth-order valence-corrected chi connectivity index (χ4v) is 2.92. The number of nitrogens with zero attached hydrogens (tertiary/aromatic N) is 1. The van der Waals surface area contributed by atoms with Crippen molar-refractivity contribution in [2.75, 3.05) is 18.5 Å². The Morgan fingerprint density at radius 1 is 0.882 bits per heavy atom. The first-order chi connectivity index (χ1) is 16.5. The molecule has 0 radical (unpaired) electrons. The Morgan fingerprint density at radius 3 is 2.29 bits per heavy atom. The molecule has 0 saturated heterocycles. The maximum absolute atomic E-state index is 12.0. The summed E-state index contributed by atoms with van der Waals surface area (Å²) in [4.78, 5) is 35.6. The standard InChI is InChI=1S/C25H23ClN4O4/c26-20-8-10-21(11-9-20)29-23(31)17-34-22-12-6-19(7-13-22)16-28-30-25(33)24(32)27-15-14-18-4-2-1-3-5-18/h1-13,16H,14-15,17H2,(H,27,32)(H,29,31)(H,30,33)/b28-16-. The summed E-state index contributed by atoms with van der Waals surface area (Å²) in [6.45, 7) is 0.185. The van der Waals surface area contributed by atoms with E-state index in [1.54, 1.807) is 48.5 Å². The number of hydrazone groups is 1. The fourth-order valence-electron chi connectivity index (χ4n) is 2.79. The van der Waals surface area contributed by atoms with Gasteiger partial charge < -0.3 is 15.4 Å². The molecule has 0 aliphatic rings. The normalized spacial score (nSPS) is 10.5. The molecule has 0 heterocycles. The second-order valence-electron chi connectivity index (χ2n) is 7.10. The highest BCUT2D eigenvalue weighted by molar-refractivity contribution is 6.35. The Hall–Kier alpha value is -4.17. The molecule has 8 nitrogen and oxygen atoms in total. The van der Waals surface area contributed by atoms with Gasteiger partial charge in [-0.2, -0.15) is 5.10 Å². The van der Waals surface area contributed by atoms with E-state index >= 15 is 0 Å². The van der Waals surface area contributed by atoms with Crippen molar-refractivity contribution in [1.82, 2.24) is 10.7 Å². The molecular formula is C25H23ClN4O4. The third kappa shape index (κ3) is 8.40. The first-order valence-electron chi connectivity index (χ1n) is 10.4. The van der Waals surface area contributed by atoms with Crippen LogP contribution in [0.4, 0.5) is 5.69 Å². The number of nitrogens with one attached hydrogen (secondary N) is 3. The van der Waals surface area contributed by atoms with Crippen LogP contribution in [-0.2, 0) is 20.8 Å². The van der Waals surface area contributed by atoms with Gasteiger partial charge in [-0.3, -0.25) is 14.4 Å². The zero-order valence-electron chi connectivity index (χ0n) is 18.2. The van der Waals surface area contributed by atoms with Gasteiger partial charge in [0.15, 0.2) is 6.61 Å². The van der Waals surface area contributed by atoms with Crippen LogP contribution in [0.5, 0.6) is 5.75 Å². The highest BCUT2D eigenvalue weighted by Crippen LogP contribution is 2.14. The molecule has 3 amide bonds. The van der Waals surface area contributed by atoms with Crippen molar-refractivity contribution in [1.29, 1.82) is 0 Å². The van der Waals surface area contributed by atoms with Crippen molar-refractivity contribution in [2.45, 2.75) is 6.42 Å². The predicted octanol–water partition coefficient (Wildman–Crippen LogP) is 3.17. The predicted molar refractivity (Wildman–Crippen MR) is 131 cm³/mol. The van der Waals surface area contributed by atoms with Crippen LogP contribution >= 0.6 is 11.6 Å². The molecule has 3 aromatic carbocycles. The Morgan fingerprint density at radius 2 is 1.59 bits per heavy atom. The smallest absolute Gasteiger partial charge is 0.329 e. The van der Waals surface area contributed by atoms with Crippen LogP contribution in [0.2, 0.25) is 5.02 Å². The van der Waals surface area contributed by atoms with Crippen LogP contribution in [0.25, 0.3) is 0 Å². The highest BCUT2D eigenvalue weighted by Gasteiger charge is 2.11. The molecule has 0 fully saturated rings. The number of hydrogen-bond acceptors (Lipinski definition) is 5. The van der Waals surface area contributed by atoms with Crippen LogP contribution in [-0.4, -0.2) is 37.1 Å². The van der Waals surface area contributed by atoms with Gasteiger partial charge in [0.25, 0.3) is 5.91 Å². The highest BCUT2D eigenvalue weighted by atomic mass is 35.5. The third-order valence-electron chi connectivity index (χ3n) is 4.51. The van der Waals surface area contributed by atoms with Gasteiger partial charge in [-0.05, 0) is 66.1 Å². The molecular weight excluding hydrogens is 456 g/mol. The molecule has 9 heteroatoms. The van der Waals surface area contributed by atoms with Crippen LogP contribution in [0.15, 0.2) is 84.0 Å². The van der Waals surface area contributed by atoms with Crippen molar-refractivity contribution in [3.63, 3.8) is 0 Å². The number of halogens is 1. The second-order valence-corrected chi connectivity index (χ2v) is 7.54. The molecule has 34 heavy (non-hydrogen) atoms. The molecule has 0 unspecified atom stereocenters. The summed E-state index contributed by atoms with van der Waals surface area (Å²) in [7, 11) is 0. The average molecular weight is 479 g/mol. The number of carbonyl (C=O) groups excluding carboxylic acids is 3. The van der Waals surface area contributed by atoms with Gasteiger partial charge in [-0.15, -0.1) is 0 Å². The van der Waals surface area contributed by atoms with Crippen LogP contribution in [0.1, 0.15) is 11.1 Å². The van der Waals surface area contributed by atoms with Gasteiger partial charge in [0.2, 0.25) is 0 Å². The molecule has 0 bridgehead atoms. The van der Waals surface area contributed by atoms with Crippen molar-refractivity contribution < 1.29 is 19.1 Å². The first-order valence-corrected chi connectivity index (χ1v) is 10.8. The van der Waals surface area contributed by atoms with Crippen LogP contribution in [0.3, 0.4) is 0 Å². The summed E-state index contributed by atoms with van der Waals surface area (Å²) < 4.78 is 5.46. The van der Waals surface area contributed by atoms with Gasteiger partial charge in [0.1, 0.15) is 5.75 Å². The lowest BCUT2D eigenvalue weighted by Crippen LogP contribution is -2.38. The molecule has 0 spiro atoms. The summed E-state index contributed by atoms with van der Waals surface area (Å²) in [5, 5.41) is 9.62. The molecule has 3 aromatic rings. The molecule has 0 aliphatic heterocycles. The first kappa shape index (κ1) is 24.5. The minimum Gasteiger partial charge on any atom is -0.484 e. The fraction of sp³-hybridized carbons (Fsp3) is 0.120. The Labute approximate surface area is 202 Å². The van der Waals surface area contributed by atoms with Crippen LogP contribution in [0, 0.1) is 0 Å². The summed E-state index contributed by atoms with van der Waals surface area (Å²) in [5.74, 6) is -1.42. The van der Waals surface area contributed by atoms with E-state index in [1.807, 2.05) is 30.3 Å². The largest absolute Gasteiger partial charge is 0.484 e. The minimum absolute atomic E-state index is 0.161. The van der Waals surface area contributed by atoms with Gasteiger partial charge in [-0.25, -0.2) is 5.43 Å². The summed E-state index contributed by atoms with van der Waals surface area (Å²) >= 11 is 5.82. The lowest BCUT2D eigenvalue weighted by atomic mass is 10.1. The van der Waals surface area contributed by atoms with E-state index in [1.165, 1.54) is 6.21 Å². The van der Waals surface area contributed by atoms with E-state index in [9.17, 15) is 14.4 Å². The molecule has 0 aromatic heterocycles. The number of benzene rings is 3.